The molecule has 0 radical (unpaired) electrons. The van der Waals surface area contributed by atoms with Crippen LogP contribution in [0.4, 0.5) is 11.4 Å². The second-order valence-electron chi connectivity index (χ2n) is 8.52. The van der Waals surface area contributed by atoms with Gasteiger partial charge in [-0.2, -0.15) is 0 Å². The average molecular weight is 478 g/mol. The summed E-state index contributed by atoms with van der Waals surface area (Å²) >= 11 is 0. The molecule has 1 aliphatic heterocycles. The maximum absolute atomic E-state index is 14.0. The number of hydrogen-bond acceptors (Lipinski definition) is 4. The number of nitrogens with zero attached hydrogens (tertiary/aromatic N) is 1. The van der Waals surface area contributed by atoms with Gasteiger partial charge >= 0.3 is 0 Å². The Kier molecular flexibility index (Phi) is 6.43. The second kappa shape index (κ2) is 9.30. The van der Waals surface area contributed by atoms with Crippen LogP contribution in [-0.4, -0.2) is 26.3 Å². The van der Waals surface area contributed by atoms with Crippen LogP contribution in [0.3, 0.4) is 0 Å². The van der Waals surface area contributed by atoms with Gasteiger partial charge in [0.1, 0.15) is 6.04 Å². The van der Waals surface area contributed by atoms with Gasteiger partial charge in [-0.3, -0.25) is 13.9 Å². The van der Waals surface area contributed by atoms with Crippen molar-refractivity contribution in [2.75, 3.05) is 9.62 Å². The number of amides is 2. The van der Waals surface area contributed by atoms with E-state index in [0.717, 1.165) is 15.4 Å². The molecule has 3 aromatic carbocycles. The Morgan fingerprint density at radius 2 is 1.59 bits per heavy atom. The summed E-state index contributed by atoms with van der Waals surface area (Å²) in [6, 6.07) is 18.5. The standard InChI is InChI=1S/C26H27N3O4S/c1-17-13-18(2)25(19(3)14-17)34(32,33)29-22-12-8-7-11-21(22)28-26(31)23(29)15-24(30)27-16-20-9-5-4-6-10-20/h4-14,23H,15-16H2,1-3H3,(H,27,30)(H,28,31)/t23-/m1/s1. The molecule has 0 spiro atoms. The summed E-state index contributed by atoms with van der Waals surface area (Å²) in [5.74, 6) is -0.958. The molecule has 1 atom stereocenters. The van der Waals surface area contributed by atoms with E-state index in [4.69, 9.17) is 0 Å². The van der Waals surface area contributed by atoms with E-state index in [1.165, 1.54) is 0 Å². The zero-order chi connectivity index (χ0) is 24.5. The fourth-order valence-electron chi connectivity index (χ4n) is 4.45. The first kappa shape index (κ1) is 23.5. The normalized spacial score (nSPS) is 15.4. The maximum atomic E-state index is 14.0. The van der Waals surface area contributed by atoms with E-state index < -0.39 is 27.9 Å². The van der Waals surface area contributed by atoms with E-state index in [1.807, 2.05) is 37.3 Å². The van der Waals surface area contributed by atoms with Crippen LogP contribution in [-0.2, 0) is 26.2 Å². The summed E-state index contributed by atoms with van der Waals surface area (Å²) in [7, 11) is -4.16. The van der Waals surface area contributed by atoms with Gasteiger partial charge < -0.3 is 10.6 Å². The Bertz CT molecular complexity index is 1330. The average Bonchev–Trinajstić information content (AvgIpc) is 2.77. The van der Waals surface area contributed by atoms with Crippen molar-refractivity contribution in [1.29, 1.82) is 0 Å². The highest BCUT2D eigenvalue weighted by molar-refractivity contribution is 7.93. The van der Waals surface area contributed by atoms with Crippen molar-refractivity contribution < 1.29 is 18.0 Å². The van der Waals surface area contributed by atoms with Crippen LogP contribution < -0.4 is 14.9 Å². The molecule has 2 N–H and O–H groups in total. The number of anilines is 2. The van der Waals surface area contributed by atoms with Gasteiger partial charge in [-0.1, -0.05) is 60.2 Å². The molecule has 0 bridgehead atoms. The number of rotatable bonds is 6. The number of sulfonamides is 1. The first-order valence-corrected chi connectivity index (χ1v) is 12.5. The van der Waals surface area contributed by atoms with E-state index >= 15 is 0 Å². The molecule has 1 aliphatic rings. The molecular weight excluding hydrogens is 450 g/mol. The molecule has 0 unspecified atom stereocenters. The number of aryl methyl sites for hydroxylation is 3. The van der Waals surface area contributed by atoms with Crippen molar-refractivity contribution >= 4 is 33.2 Å². The molecule has 0 saturated carbocycles. The van der Waals surface area contributed by atoms with Gasteiger partial charge in [-0.15, -0.1) is 0 Å². The quantitative estimate of drug-likeness (QED) is 0.564. The van der Waals surface area contributed by atoms with Crippen molar-refractivity contribution in [1.82, 2.24) is 5.32 Å². The summed E-state index contributed by atoms with van der Waals surface area (Å²) < 4.78 is 29.2. The second-order valence-corrected chi connectivity index (χ2v) is 10.3. The number of benzene rings is 3. The van der Waals surface area contributed by atoms with Crippen LogP contribution in [0.1, 0.15) is 28.7 Å². The van der Waals surface area contributed by atoms with E-state index in [9.17, 15) is 18.0 Å². The zero-order valence-electron chi connectivity index (χ0n) is 19.3. The highest BCUT2D eigenvalue weighted by Gasteiger charge is 2.42. The predicted octanol–water partition coefficient (Wildman–Crippen LogP) is 3.83. The molecule has 8 heteroatoms. The summed E-state index contributed by atoms with van der Waals surface area (Å²) in [5.41, 5.74) is 3.76. The predicted molar refractivity (Wildman–Crippen MR) is 132 cm³/mol. The summed E-state index contributed by atoms with van der Waals surface area (Å²) in [6.07, 6.45) is -0.309. The Hall–Kier alpha value is -3.65. The van der Waals surface area contributed by atoms with Gasteiger partial charge in [0.15, 0.2) is 0 Å². The number of fused-ring (bicyclic) bond motifs is 1. The smallest absolute Gasteiger partial charge is 0.265 e. The minimum atomic E-state index is -4.16. The third-order valence-corrected chi connectivity index (χ3v) is 7.95. The lowest BCUT2D eigenvalue weighted by atomic mass is 10.1. The number of hydrogen-bond donors (Lipinski definition) is 2. The largest absolute Gasteiger partial charge is 0.352 e. The van der Waals surface area contributed by atoms with Crippen LogP contribution in [0.15, 0.2) is 71.6 Å². The fraction of sp³-hybridized carbons (Fsp3) is 0.231. The summed E-state index contributed by atoms with van der Waals surface area (Å²) in [5, 5.41) is 5.55. The van der Waals surface area contributed by atoms with Crippen molar-refractivity contribution in [2.45, 2.75) is 44.7 Å². The zero-order valence-corrected chi connectivity index (χ0v) is 20.1. The molecule has 0 fully saturated rings. The first-order chi connectivity index (χ1) is 16.2. The van der Waals surface area contributed by atoms with Gasteiger partial charge in [0.25, 0.3) is 10.0 Å². The minimum absolute atomic E-state index is 0.150. The molecule has 34 heavy (non-hydrogen) atoms. The highest BCUT2D eigenvalue weighted by Crippen LogP contribution is 2.38. The van der Waals surface area contributed by atoms with Gasteiger partial charge in [-0.05, 0) is 49.6 Å². The lowest BCUT2D eigenvalue weighted by Gasteiger charge is -2.37. The van der Waals surface area contributed by atoms with Gasteiger partial charge in [0, 0.05) is 6.54 Å². The van der Waals surface area contributed by atoms with Gasteiger partial charge in [0.05, 0.1) is 22.7 Å². The van der Waals surface area contributed by atoms with Crippen molar-refractivity contribution in [2.24, 2.45) is 0 Å². The van der Waals surface area contributed by atoms with Crippen LogP contribution in [0, 0.1) is 20.8 Å². The van der Waals surface area contributed by atoms with Gasteiger partial charge in [-0.25, -0.2) is 8.42 Å². The molecule has 0 aromatic heterocycles. The van der Waals surface area contributed by atoms with Crippen molar-refractivity contribution in [3.05, 3.63) is 89.0 Å². The Morgan fingerprint density at radius 1 is 0.971 bits per heavy atom. The van der Waals surface area contributed by atoms with Crippen LogP contribution in [0.25, 0.3) is 0 Å². The number of carbonyl (C=O) groups excluding carboxylic acids is 2. The van der Waals surface area contributed by atoms with E-state index in [0.29, 0.717) is 22.5 Å². The maximum Gasteiger partial charge on any atom is 0.265 e. The molecule has 0 aliphatic carbocycles. The monoisotopic (exact) mass is 477 g/mol. The molecule has 1 heterocycles. The Morgan fingerprint density at radius 3 is 2.26 bits per heavy atom. The van der Waals surface area contributed by atoms with Crippen molar-refractivity contribution in [3.63, 3.8) is 0 Å². The molecule has 7 nitrogen and oxygen atoms in total. The van der Waals surface area contributed by atoms with Crippen LogP contribution in [0.5, 0.6) is 0 Å². The topological polar surface area (TPSA) is 95.6 Å². The molecule has 2 amide bonds. The first-order valence-electron chi connectivity index (χ1n) is 11.0. The van der Waals surface area contributed by atoms with Crippen LogP contribution in [0.2, 0.25) is 0 Å². The Balaban J connectivity index is 1.72. The fourth-order valence-corrected chi connectivity index (χ4v) is 6.50. The molecule has 176 valence electrons. The third-order valence-electron chi connectivity index (χ3n) is 5.82. The summed E-state index contributed by atoms with van der Waals surface area (Å²) in [4.78, 5) is 26.0. The third kappa shape index (κ3) is 4.54. The molecule has 0 saturated heterocycles. The van der Waals surface area contributed by atoms with E-state index in [1.54, 1.807) is 50.2 Å². The van der Waals surface area contributed by atoms with E-state index in [-0.39, 0.29) is 17.9 Å². The lowest BCUT2D eigenvalue weighted by molar-refractivity contribution is -0.125. The number of carbonyl (C=O) groups is 2. The molecular formula is C26H27N3O4S. The van der Waals surface area contributed by atoms with Crippen LogP contribution >= 0.6 is 0 Å². The highest BCUT2D eigenvalue weighted by atomic mass is 32.2. The number of para-hydroxylation sites is 2. The summed E-state index contributed by atoms with van der Waals surface area (Å²) in [6.45, 7) is 5.67. The van der Waals surface area contributed by atoms with Crippen molar-refractivity contribution in [3.8, 4) is 0 Å². The van der Waals surface area contributed by atoms with Gasteiger partial charge in [0.2, 0.25) is 11.8 Å². The molecule has 4 rings (SSSR count). The molecule has 3 aromatic rings. The lowest BCUT2D eigenvalue weighted by Crippen LogP contribution is -2.53. The Labute approximate surface area is 199 Å². The van der Waals surface area contributed by atoms with E-state index in [2.05, 4.69) is 10.6 Å². The number of nitrogens with one attached hydrogen (secondary N) is 2. The SMILES string of the molecule is Cc1cc(C)c(S(=O)(=O)N2c3ccccc3NC(=O)[C@H]2CC(=O)NCc2ccccc2)c(C)c1. The minimum Gasteiger partial charge on any atom is -0.352 e.